The van der Waals surface area contributed by atoms with Crippen molar-refractivity contribution in [2.45, 2.75) is 25.8 Å². The average Bonchev–Trinajstić information content (AvgIpc) is 2.47. The molecule has 0 bridgehead atoms. The van der Waals surface area contributed by atoms with Gasteiger partial charge in [-0.3, -0.25) is 9.59 Å². The monoisotopic (exact) mass is 324 g/mol. The number of quaternary nitrogens is 1. The molecule has 0 saturated carbocycles. The normalized spacial score (nSPS) is 22.8. The number of piperidine rings is 1. The van der Waals surface area contributed by atoms with Crippen molar-refractivity contribution in [3.05, 3.63) is 34.9 Å². The van der Waals surface area contributed by atoms with Gasteiger partial charge in [-0.25, -0.2) is 0 Å². The zero-order valence-electron chi connectivity index (χ0n) is 12.8. The van der Waals surface area contributed by atoms with Gasteiger partial charge in [-0.2, -0.15) is 0 Å². The van der Waals surface area contributed by atoms with Crippen LogP contribution >= 0.6 is 11.6 Å². The fourth-order valence-corrected chi connectivity index (χ4v) is 3.13. The van der Waals surface area contributed by atoms with Crippen molar-refractivity contribution < 1.29 is 14.5 Å². The number of nitrogens with two attached hydrogens (primary N) is 1. The quantitative estimate of drug-likeness (QED) is 0.728. The molecule has 1 saturated heterocycles. The standard InChI is InChI=1S/C16H22ClN3O2/c1-11(12-4-2-6-14(17)8-12)19-15(21)10-20-7-3-5-13(9-20)16(18)22/h2,4,6,8,11,13H,3,5,7,9-10H2,1H3,(H2,18,22)(H,19,21)/p+1/t11-,13-/m0/s1. The van der Waals surface area contributed by atoms with Crippen molar-refractivity contribution in [2.75, 3.05) is 19.6 Å². The van der Waals surface area contributed by atoms with Gasteiger partial charge in [0.15, 0.2) is 6.54 Å². The van der Waals surface area contributed by atoms with Gasteiger partial charge in [-0.1, -0.05) is 23.7 Å². The van der Waals surface area contributed by atoms with Gasteiger partial charge in [0.05, 0.1) is 25.0 Å². The molecule has 4 N–H and O–H groups in total. The maximum Gasteiger partial charge on any atom is 0.275 e. The second-order valence-corrected chi connectivity index (χ2v) is 6.40. The Morgan fingerprint density at radius 3 is 2.95 bits per heavy atom. The molecule has 2 rings (SSSR count). The summed E-state index contributed by atoms with van der Waals surface area (Å²) in [7, 11) is 0. The fraction of sp³-hybridized carbons (Fsp3) is 0.500. The van der Waals surface area contributed by atoms with Gasteiger partial charge >= 0.3 is 0 Å². The van der Waals surface area contributed by atoms with Crippen molar-refractivity contribution in [1.82, 2.24) is 5.32 Å². The van der Waals surface area contributed by atoms with Crippen molar-refractivity contribution >= 4 is 23.4 Å². The summed E-state index contributed by atoms with van der Waals surface area (Å²) in [5.74, 6) is -0.389. The van der Waals surface area contributed by atoms with Gasteiger partial charge in [-0.05, 0) is 37.5 Å². The number of halogens is 1. The van der Waals surface area contributed by atoms with E-state index in [0.29, 0.717) is 18.1 Å². The van der Waals surface area contributed by atoms with Crippen LogP contribution in [0.4, 0.5) is 0 Å². The number of carbonyl (C=O) groups is 2. The van der Waals surface area contributed by atoms with E-state index in [-0.39, 0.29) is 23.8 Å². The maximum absolute atomic E-state index is 12.2. The Bertz CT molecular complexity index is 550. The SMILES string of the molecule is C[C@H](NC(=O)C[NH+]1CCC[C@H](C(N)=O)C1)c1cccc(Cl)c1. The van der Waals surface area contributed by atoms with Crippen LogP contribution in [-0.2, 0) is 9.59 Å². The average molecular weight is 325 g/mol. The minimum Gasteiger partial charge on any atom is -0.369 e. The van der Waals surface area contributed by atoms with Gasteiger partial charge in [-0.15, -0.1) is 0 Å². The molecule has 1 heterocycles. The molecule has 0 aromatic heterocycles. The van der Waals surface area contributed by atoms with Crippen molar-refractivity contribution in [1.29, 1.82) is 0 Å². The Labute approximate surface area is 135 Å². The molecule has 5 nitrogen and oxygen atoms in total. The topological polar surface area (TPSA) is 76.6 Å². The van der Waals surface area contributed by atoms with Gasteiger partial charge in [0.1, 0.15) is 0 Å². The molecular weight excluding hydrogens is 302 g/mol. The lowest BCUT2D eigenvalue weighted by molar-refractivity contribution is -0.899. The lowest BCUT2D eigenvalue weighted by atomic mass is 9.97. The van der Waals surface area contributed by atoms with Crippen molar-refractivity contribution in [3.63, 3.8) is 0 Å². The second kappa shape index (κ2) is 7.61. The smallest absolute Gasteiger partial charge is 0.275 e. The van der Waals surface area contributed by atoms with E-state index in [1.807, 2.05) is 25.1 Å². The lowest BCUT2D eigenvalue weighted by Crippen LogP contribution is -3.15. The molecule has 1 unspecified atom stereocenters. The summed E-state index contributed by atoms with van der Waals surface area (Å²) in [5.41, 5.74) is 6.34. The second-order valence-electron chi connectivity index (χ2n) is 5.97. The summed E-state index contributed by atoms with van der Waals surface area (Å²) in [6, 6.07) is 7.37. The van der Waals surface area contributed by atoms with E-state index < -0.39 is 0 Å². The number of benzene rings is 1. The van der Waals surface area contributed by atoms with Gasteiger partial charge in [0.2, 0.25) is 5.91 Å². The molecule has 1 fully saturated rings. The first-order chi connectivity index (χ1) is 10.5. The van der Waals surface area contributed by atoms with Crippen LogP contribution in [0.25, 0.3) is 0 Å². The van der Waals surface area contributed by atoms with Crippen LogP contribution in [-0.4, -0.2) is 31.4 Å². The molecule has 120 valence electrons. The Morgan fingerprint density at radius 1 is 1.50 bits per heavy atom. The van der Waals surface area contributed by atoms with E-state index in [0.717, 1.165) is 29.8 Å². The number of primary amides is 1. The first kappa shape index (κ1) is 16.8. The van der Waals surface area contributed by atoms with Crippen LogP contribution in [0.2, 0.25) is 5.02 Å². The first-order valence-electron chi connectivity index (χ1n) is 7.63. The Morgan fingerprint density at radius 2 is 2.27 bits per heavy atom. The molecule has 0 spiro atoms. The Kier molecular flexibility index (Phi) is 5.80. The Balaban J connectivity index is 1.86. The molecule has 1 aromatic rings. The Hall–Kier alpha value is -1.59. The van der Waals surface area contributed by atoms with E-state index in [2.05, 4.69) is 5.32 Å². The van der Waals surface area contributed by atoms with Gasteiger partial charge in [0, 0.05) is 5.02 Å². The van der Waals surface area contributed by atoms with Crippen molar-refractivity contribution in [2.24, 2.45) is 11.7 Å². The highest BCUT2D eigenvalue weighted by atomic mass is 35.5. The zero-order valence-corrected chi connectivity index (χ0v) is 13.5. The number of carbonyl (C=O) groups excluding carboxylic acids is 2. The zero-order chi connectivity index (χ0) is 16.1. The van der Waals surface area contributed by atoms with E-state index in [4.69, 9.17) is 17.3 Å². The molecule has 1 aliphatic rings. The van der Waals surface area contributed by atoms with E-state index >= 15 is 0 Å². The van der Waals surface area contributed by atoms with Crippen LogP contribution in [0.15, 0.2) is 24.3 Å². The van der Waals surface area contributed by atoms with Gasteiger partial charge < -0.3 is 16.0 Å². The fourth-order valence-electron chi connectivity index (χ4n) is 2.93. The number of nitrogens with one attached hydrogen (secondary N) is 2. The number of hydrogen-bond donors (Lipinski definition) is 3. The third-order valence-corrected chi connectivity index (χ3v) is 4.39. The van der Waals surface area contributed by atoms with Crippen LogP contribution in [0.5, 0.6) is 0 Å². The highest BCUT2D eigenvalue weighted by molar-refractivity contribution is 6.30. The predicted octanol–water partition coefficient (Wildman–Crippen LogP) is 0.297. The molecule has 2 amide bonds. The summed E-state index contributed by atoms with van der Waals surface area (Å²) < 4.78 is 0. The van der Waals surface area contributed by atoms with Crippen LogP contribution in [0.3, 0.4) is 0 Å². The molecule has 1 aliphatic heterocycles. The van der Waals surface area contributed by atoms with E-state index in [1.165, 1.54) is 0 Å². The van der Waals surface area contributed by atoms with Gasteiger partial charge in [0.25, 0.3) is 5.91 Å². The maximum atomic E-state index is 12.2. The first-order valence-corrected chi connectivity index (χ1v) is 8.01. The summed E-state index contributed by atoms with van der Waals surface area (Å²) in [4.78, 5) is 24.6. The molecule has 22 heavy (non-hydrogen) atoms. The summed E-state index contributed by atoms with van der Waals surface area (Å²) in [6.07, 6.45) is 1.76. The number of hydrogen-bond acceptors (Lipinski definition) is 2. The molecule has 3 atom stereocenters. The molecular formula is C16H23ClN3O2+. The third-order valence-electron chi connectivity index (χ3n) is 4.16. The minimum absolute atomic E-state index is 0.0207. The highest BCUT2D eigenvalue weighted by Crippen LogP contribution is 2.17. The van der Waals surface area contributed by atoms with E-state index in [9.17, 15) is 9.59 Å². The molecule has 0 aliphatic carbocycles. The van der Waals surface area contributed by atoms with Crippen LogP contribution in [0.1, 0.15) is 31.4 Å². The molecule has 1 aromatic carbocycles. The third kappa shape index (κ3) is 4.71. The number of amides is 2. The van der Waals surface area contributed by atoms with Crippen molar-refractivity contribution in [3.8, 4) is 0 Å². The number of rotatable bonds is 5. The molecule has 6 heteroatoms. The largest absolute Gasteiger partial charge is 0.369 e. The summed E-state index contributed by atoms with van der Waals surface area (Å²) in [6.45, 7) is 3.85. The molecule has 0 radical (unpaired) electrons. The van der Waals surface area contributed by atoms with E-state index in [1.54, 1.807) is 6.07 Å². The minimum atomic E-state index is -0.259. The highest BCUT2D eigenvalue weighted by Gasteiger charge is 2.28. The summed E-state index contributed by atoms with van der Waals surface area (Å²) >= 11 is 5.97. The number of likely N-dealkylation sites (tertiary alicyclic amines) is 1. The van der Waals surface area contributed by atoms with Crippen LogP contribution in [0, 0.1) is 5.92 Å². The summed E-state index contributed by atoms with van der Waals surface area (Å²) in [5, 5.41) is 3.64. The predicted molar refractivity (Wildman–Crippen MR) is 85.5 cm³/mol. The van der Waals surface area contributed by atoms with Crippen LogP contribution < -0.4 is 16.0 Å². The lowest BCUT2D eigenvalue weighted by Gasteiger charge is -2.28.